The molecule has 0 bridgehead atoms. The molecule has 1 fully saturated rings. The van der Waals surface area contributed by atoms with E-state index in [0.29, 0.717) is 29.4 Å². The lowest BCUT2D eigenvalue weighted by molar-refractivity contribution is 0.0729. The lowest BCUT2D eigenvalue weighted by atomic mass is 10.1. The van der Waals surface area contributed by atoms with Gasteiger partial charge in [-0.05, 0) is 62.1 Å². The molecule has 4 nitrogen and oxygen atoms in total. The van der Waals surface area contributed by atoms with Crippen molar-refractivity contribution in [3.63, 3.8) is 0 Å². The van der Waals surface area contributed by atoms with Crippen molar-refractivity contribution in [1.29, 1.82) is 0 Å². The van der Waals surface area contributed by atoms with Gasteiger partial charge in [0.1, 0.15) is 0 Å². The molecule has 4 rings (SSSR count). The SMILES string of the molecule is Cc1ccc(CN(C(=O)c2ccc(C)c(NC(=O)c3ccccc3)c2)C2CC2)cc1. The van der Waals surface area contributed by atoms with Crippen LogP contribution in [0.1, 0.15) is 50.2 Å². The minimum atomic E-state index is -0.179. The van der Waals surface area contributed by atoms with E-state index in [2.05, 4.69) is 36.5 Å². The highest BCUT2D eigenvalue weighted by Gasteiger charge is 2.33. The van der Waals surface area contributed by atoms with Crippen LogP contribution in [0.5, 0.6) is 0 Å². The van der Waals surface area contributed by atoms with E-state index in [1.54, 1.807) is 18.2 Å². The van der Waals surface area contributed by atoms with Crippen molar-refractivity contribution in [2.75, 3.05) is 5.32 Å². The third-order valence-corrected chi connectivity index (χ3v) is 5.49. The van der Waals surface area contributed by atoms with Crippen LogP contribution in [-0.2, 0) is 6.54 Å². The Labute approximate surface area is 177 Å². The molecule has 3 aromatic rings. The van der Waals surface area contributed by atoms with E-state index in [4.69, 9.17) is 0 Å². The van der Waals surface area contributed by atoms with Crippen molar-refractivity contribution in [2.24, 2.45) is 0 Å². The number of aryl methyl sites for hydroxylation is 2. The zero-order chi connectivity index (χ0) is 21.1. The summed E-state index contributed by atoms with van der Waals surface area (Å²) in [6.07, 6.45) is 2.09. The van der Waals surface area contributed by atoms with Crippen molar-refractivity contribution in [3.8, 4) is 0 Å². The van der Waals surface area contributed by atoms with E-state index >= 15 is 0 Å². The molecule has 30 heavy (non-hydrogen) atoms. The molecule has 2 amide bonds. The van der Waals surface area contributed by atoms with Crippen LogP contribution in [0.4, 0.5) is 5.69 Å². The number of nitrogens with zero attached hydrogens (tertiary/aromatic N) is 1. The zero-order valence-electron chi connectivity index (χ0n) is 17.4. The van der Waals surface area contributed by atoms with E-state index in [1.807, 2.05) is 42.2 Å². The Kier molecular flexibility index (Phi) is 5.66. The number of benzene rings is 3. The Morgan fingerprint density at radius 1 is 0.900 bits per heavy atom. The molecular weight excluding hydrogens is 372 g/mol. The Bertz CT molecular complexity index is 1050. The van der Waals surface area contributed by atoms with Gasteiger partial charge in [0.25, 0.3) is 11.8 Å². The lowest BCUT2D eigenvalue weighted by Crippen LogP contribution is -2.32. The Hall–Kier alpha value is -3.40. The molecule has 0 unspecified atom stereocenters. The molecule has 3 aromatic carbocycles. The van der Waals surface area contributed by atoms with E-state index in [0.717, 1.165) is 24.0 Å². The van der Waals surface area contributed by atoms with Gasteiger partial charge in [0, 0.05) is 29.4 Å². The summed E-state index contributed by atoms with van der Waals surface area (Å²) in [5.74, 6) is -0.171. The molecule has 0 saturated heterocycles. The number of rotatable bonds is 6. The molecule has 1 N–H and O–H groups in total. The first-order valence-electron chi connectivity index (χ1n) is 10.3. The second-order valence-corrected chi connectivity index (χ2v) is 8.00. The van der Waals surface area contributed by atoms with Crippen LogP contribution in [-0.4, -0.2) is 22.8 Å². The van der Waals surface area contributed by atoms with Gasteiger partial charge in [0.05, 0.1) is 0 Å². The number of carbonyl (C=O) groups is 2. The number of hydrogen-bond acceptors (Lipinski definition) is 2. The lowest BCUT2D eigenvalue weighted by Gasteiger charge is -2.23. The summed E-state index contributed by atoms with van der Waals surface area (Å²) in [7, 11) is 0. The van der Waals surface area contributed by atoms with Crippen LogP contribution in [0.25, 0.3) is 0 Å². The van der Waals surface area contributed by atoms with Gasteiger partial charge in [0.2, 0.25) is 0 Å². The second-order valence-electron chi connectivity index (χ2n) is 8.00. The molecule has 1 aliphatic carbocycles. The molecule has 0 aromatic heterocycles. The third-order valence-electron chi connectivity index (χ3n) is 5.49. The smallest absolute Gasteiger partial charge is 0.255 e. The second kappa shape index (κ2) is 8.54. The standard InChI is InChI=1S/C26H26N2O2/c1-18-8-11-20(12-9-18)17-28(23-14-15-23)26(30)22-13-10-19(2)24(16-22)27-25(29)21-6-4-3-5-7-21/h3-13,16,23H,14-15,17H2,1-2H3,(H,27,29). The van der Waals surface area contributed by atoms with Crippen molar-refractivity contribution in [3.05, 3.63) is 101 Å². The van der Waals surface area contributed by atoms with Crippen LogP contribution in [0.15, 0.2) is 72.8 Å². The van der Waals surface area contributed by atoms with Crippen molar-refractivity contribution in [1.82, 2.24) is 4.90 Å². The summed E-state index contributed by atoms with van der Waals surface area (Å²) < 4.78 is 0. The molecular formula is C26H26N2O2. The van der Waals surface area contributed by atoms with Crippen LogP contribution in [0.3, 0.4) is 0 Å². The summed E-state index contributed by atoms with van der Waals surface area (Å²) in [5, 5.41) is 2.95. The summed E-state index contributed by atoms with van der Waals surface area (Å²) in [6.45, 7) is 4.59. The van der Waals surface area contributed by atoms with Crippen molar-refractivity contribution < 1.29 is 9.59 Å². The quantitative estimate of drug-likeness (QED) is 0.608. The van der Waals surface area contributed by atoms with Crippen LogP contribution >= 0.6 is 0 Å². The maximum atomic E-state index is 13.3. The maximum Gasteiger partial charge on any atom is 0.255 e. The van der Waals surface area contributed by atoms with Gasteiger partial charge in [-0.25, -0.2) is 0 Å². The Balaban J connectivity index is 1.55. The first-order valence-corrected chi connectivity index (χ1v) is 10.3. The normalized spacial score (nSPS) is 13.0. The molecule has 0 heterocycles. The summed E-state index contributed by atoms with van der Waals surface area (Å²) in [5.41, 5.74) is 5.12. The first-order chi connectivity index (χ1) is 14.5. The average molecular weight is 399 g/mol. The molecule has 0 radical (unpaired) electrons. The topological polar surface area (TPSA) is 49.4 Å². The number of hydrogen-bond donors (Lipinski definition) is 1. The zero-order valence-corrected chi connectivity index (χ0v) is 17.4. The summed E-state index contributed by atoms with van der Waals surface area (Å²) in [4.78, 5) is 27.8. The molecule has 0 aliphatic heterocycles. The van der Waals surface area contributed by atoms with Gasteiger partial charge in [-0.2, -0.15) is 0 Å². The van der Waals surface area contributed by atoms with Crippen LogP contribution in [0.2, 0.25) is 0 Å². The molecule has 0 atom stereocenters. The van der Waals surface area contributed by atoms with Gasteiger partial charge in [-0.3, -0.25) is 9.59 Å². The van der Waals surface area contributed by atoms with Crippen LogP contribution in [0, 0.1) is 13.8 Å². The highest BCUT2D eigenvalue weighted by molar-refractivity contribution is 6.05. The van der Waals surface area contributed by atoms with E-state index in [-0.39, 0.29) is 11.8 Å². The predicted octanol–water partition coefficient (Wildman–Crippen LogP) is 5.36. The summed E-state index contributed by atoms with van der Waals surface area (Å²) in [6, 6.07) is 23.2. The highest BCUT2D eigenvalue weighted by atomic mass is 16.2. The van der Waals surface area contributed by atoms with Gasteiger partial charge in [0.15, 0.2) is 0 Å². The average Bonchev–Trinajstić information content (AvgIpc) is 3.60. The van der Waals surface area contributed by atoms with Crippen molar-refractivity contribution in [2.45, 2.75) is 39.3 Å². The molecule has 152 valence electrons. The fraction of sp³-hybridized carbons (Fsp3) is 0.231. The molecule has 0 spiro atoms. The van der Waals surface area contributed by atoms with Crippen molar-refractivity contribution >= 4 is 17.5 Å². The highest BCUT2D eigenvalue weighted by Crippen LogP contribution is 2.30. The molecule has 1 aliphatic rings. The number of amides is 2. The maximum absolute atomic E-state index is 13.3. The molecule has 4 heteroatoms. The summed E-state index contributed by atoms with van der Waals surface area (Å²) >= 11 is 0. The minimum Gasteiger partial charge on any atom is -0.331 e. The van der Waals surface area contributed by atoms with Gasteiger partial charge < -0.3 is 10.2 Å². The number of carbonyl (C=O) groups excluding carboxylic acids is 2. The van der Waals surface area contributed by atoms with Gasteiger partial charge >= 0.3 is 0 Å². The number of anilines is 1. The Morgan fingerprint density at radius 2 is 1.60 bits per heavy atom. The van der Waals surface area contributed by atoms with Crippen LogP contribution < -0.4 is 5.32 Å². The largest absolute Gasteiger partial charge is 0.331 e. The van der Waals surface area contributed by atoms with Gasteiger partial charge in [-0.1, -0.05) is 54.1 Å². The number of nitrogens with one attached hydrogen (secondary N) is 1. The Morgan fingerprint density at radius 3 is 2.27 bits per heavy atom. The minimum absolute atomic E-state index is 0.00767. The van der Waals surface area contributed by atoms with E-state index in [9.17, 15) is 9.59 Å². The first kappa shape index (κ1) is 19.9. The predicted molar refractivity (Wildman–Crippen MR) is 120 cm³/mol. The fourth-order valence-electron chi connectivity index (χ4n) is 3.48. The monoisotopic (exact) mass is 398 g/mol. The molecule has 1 saturated carbocycles. The van der Waals surface area contributed by atoms with E-state index in [1.165, 1.54) is 5.56 Å². The van der Waals surface area contributed by atoms with E-state index < -0.39 is 0 Å². The fourth-order valence-corrected chi connectivity index (χ4v) is 3.48. The third kappa shape index (κ3) is 4.60. The van der Waals surface area contributed by atoms with Gasteiger partial charge in [-0.15, -0.1) is 0 Å².